The Kier molecular flexibility index (Phi) is 4.26. The van der Waals surface area contributed by atoms with E-state index >= 15 is 0 Å². The zero-order chi connectivity index (χ0) is 19.6. The van der Waals surface area contributed by atoms with Gasteiger partial charge in [0.2, 0.25) is 0 Å². The van der Waals surface area contributed by atoms with Gasteiger partial charge < -0.3 is 5.73 Å². The fourth-order valence-electron chi connectivity index (χ4n) is 3.66. The van der Waals surface area contributed by atoms with Crippen molar-refractivity contribution in [3.8, 4) is 11.1 Å². The van der Waals surface area contributed by atoms with Gasteiger partial charge in [-0.05, 0) is 34.5 Å². The van der Waals surface area contributed by atoms with E-state index in [1.165, 1.54) is 0 Å². The molecule has 0 bridgehead atoms. The van der Waals surface area contributed by atoms with Crippen molar-refractivity contribution in [1.82, 2.24) is 0 Å². The van der Waals surface area contributed by atoms with Crippen LogP contribution < -0.4 is 5.73 Å². The summed E-state index contributed by atoms with van der Waals surface area (Å²) in [5.74, 6) is 0. The number of hydrogen-bond donors (Lipinski definition) is 1. The van der Waals surface area contributed by atoms with Crippen LogP contribution in [-0.4, -0.2) is 0 Å². The third-order valence-corrected chi connectivity index (χ3v) is 5.15. The molecule has 5 aromatic rings. The molecule has 0 atom stereocenters. The van der Waals surface area contributed by atoms with Gasteiger partial charge in [0, 0.05) is 22.0 Å². The topological polar surface area (TPSA) is 50.7 Å². The molecule has 0 unspecified atom stereocenters. The van der Waals surface area contributed by atoms with Crippen molar-refractivity contribution in [1.29, 1.82) is 0 Å². The first-order valence-corrected chi connectivity index (χ1v) is 9.57. The van der Waals surface area contributed by atoms with Crippen molar-refractivity contribution in [2.24, 2.45) is 10.2 Å². The maximum Gasteiger partial charge on any atom is 0.101 e. The van der Waals surface area contributed by atoms with Crippen LogP contribution in [0.4, 0.5) is 17.1 Å². The summed E-state index contributed by atoms with van der Waals surface area (Å²) >= 11 is 0. The van der Waals surface area contributed by atoms with Crippen LogP contribution in [0.3, 0.4) is 0 Å². The number of benzene rings is 5. The highest BCUT2D eigenvalue weighted by Gasteiger charge is 2.10. The molecule has 0 aromatic heterocycles. The summed E-state index contributed by atoms with van der Waals surface area (Å²) in [5.41, 5.74) is 10.4. The van der Waals surface area contributed by atoms with Gasteiger partial charge >= 0.3 is 0 Å². The molecule has 3 heteroatoms. The molecule has 0 radical (unpaired) electrons. The Morgan fingerprint density at radius 3 is 1.97 bits per heavy atom. The third kappa shape index (κ3) is 3.23. The predicted octanol–water partition coefficient (Wildman–Crippen LogP) is 7.66. The van der Waals surface area contributed by atoms with E-state index in [0.717, 1.165) is 49.7 Å². The van der Waals surface area contributed by atoms with E-state index in [1.807, 2.05) is 60.7 Å². The molecule has 0 saturated heterocycles. The molecule has 0 fully saturated rings. The third-order valence-electron chi connectivity index (χ3n) is 5.15. The predicted molar refractivity (Wildman–Crippen MR) is 122 cm³/mol. The Bertz CT molecular complexity index is 1350. The second-order valence-corrected chi connectivity index (χ2v) is 7.00. The lowest BCUT2D eigenvalue weighted by Crippen LogP contribution is -1.85. The van der Waals surface area contributed by atoms with E-state index in [0.29, 0.717) is 0 Å². The van der Waals surface area contributed by atoms with Crippen molar-refractivity contribution in [2.75, 3.05) is 5.73 Å². The summed E-state index contributed by atoms with van der Waals surface area (Å²) in [4.78, 5) is 0. The molecular weight excluding hydrogens is 354 g/mol. The summed E-state index contributed by atoms with van der Waals surface area (Å²) in [7, 11) is 0. The number of anilines is 1. The summed E-state index contributed by atoms with van der Waals surface area (Å²) in [6.45, 7) is 0. The minimum Gasteiger partial charge on any atom is -0.399 e. The molecule has 5 aromatic carbocycles. The van der Waals surface area contributed by atoms with Gasteiger partial charge in [0.25, 0.3) is 0 Å². The Labute approximate surface area is 169 Å². The van der Waals surface area contributed by atoms with Crippen molar-refractivity contribution in [2.45, 2.75) is 0 Å². The molecule has 3 nitrogen and oxygen atoms in total. The van der Waals surface area contributed by atoms with Gasteiger partial charge in [-0.2, -0.15) is 0 Å². The maximum absolute atomic E-state index is 5.88. The highest BCUT2D eigenvalue weighted by Crippen LogP contribution is 2.38. The van der Waals surface area contributed by atoms with Gasteiger partial charge in [-0.1, -0.05) is 84.9 Å². The van der Waals surface area contributed by atoms with Crippen LogP contribution in [-0.2, 0) is 0 Å². The Hall–Kier alpha value is -3.98. The summed E-state index contributed by atoms with van der Waals surface area (Å²) in [5, 5.41) is 13.9. The second-order valence-electron chi connectivity index (χ2n) is 7.00. The second kappa shape index (κ2) is 7.21. The number of azo groups is 1. The largest absolute Gasteiger partial charge is 0.399 e. The molecule has 0 spiro atoms. The van der Waals surface area contributed by atoms with Crippen LogP contribution in [0.5, 0.6) is 0 Å². The van der Waals surface area contributed by atoms with Crippen molar-refractivity contribution >= 4 is 38.6 Å². The monoisotopic (exact) mass is 373 g/mol. The van der Waals surface area contributed by atoms with Gasteiger partial charge in [0.15, 0.2) is 0 Å². The molecule has 0 amide bonds. The van der Waals surface area contributed by atoms with Gasteiger partial charge in [-0.15, -0.1) is 10.2 Å². The molecule has 0 saturated carbocycles. The molecule has 0 aliphatic carbocycles. The number of hydrogen-bond acceptors (Lipinski definition) is 3. The summed E-state index contributed by atoms with van der Waals surface area (Å²) < 4.78 is 0. The SMILES string of the molecule is Nc1ccc(-c2ccc3ccccc3c2N=Nc2cccc3ccccc23)cc1. The summed E-state index contributed by atoms with van der Waals surface area (Å²) in [6, 6.07) is 34.7. The minimum absolute atomic E-state index is 0.744. The van der Waals surface area contributed by atoms with E-state index in [1.54, 1.807) is 0 Å². The first kappa shape index (κ1) is 17.1. The molecular formula is C26H19N3. The van der Waals surface area contributed by atoms with Crippen molar-refractivity contribution in [3.63, 3.8) is 0 Å². The lowest BCUT2D eigenvalue weighted by atomic mass is 9.98. The standard InChI is InChI=1S/C26H19N3/c27-21-15-12-20(13-16-21)24-17-14-19-7-2-4-10-23(19)26(24)29-28-25-11-5-8-18-6-1-3-9-22(18)25/h1-17H,27H2. The Morgan fingerprint density at radius 1 is 0.517 bits per heavy atom. The number of nitrogen functional groups attached to an aromatic ring is 1. The van der Waals surface area contributed by atoms with Crippen LogP contribution in [0.25, 0.3) is 32.7 Å². The highest BCUT2D eigenvalue weighted by atomic mass is 15.1. The van der Waals surface area contributed by atoms with Crippen molar-refractivity contribution in [3.05, 3.63) is 103 Å². The van der Waals surface area contributed by atoms with Crippen LogP contribution in [0.15, 0.2) is 113 Å². The van der Waals surface area contributed by atoms with Crippen LogP contribution in [0.1, 0.15) is 0 Å². The fraction of sp³-hybridized carbons (Fsp3) is 0. The van der Waals surface area contributed by atoms with E-state index in [9.17, 15) is 0 Å². The van der Waals surface area contributed by atoms with Crippen LogP contribution >= 0.6 is 0 Å². The molecule has 29 heavy (non-hydrogen) atoms. The molecule has 138 valence electrons. The minimum atomic E-state index is 0.744. The quantitative estimate of drug-likeness (QED) is 0.256. The fourth-order valence-corrected chi connectivity index (χ4v) is 3.66. The van der Waals surface area contributed by atoms with E-state index in [2.05, 4.69) is 47.6 Å². The summed E-state index contributed by atoms with van der Waals surface area (Å²) in [6.07, 6.45) is 0. The smallest absolute Gasteiger partial charge is 0.101 e. The molecule has 5 rings (SSSR count). The number of nitrogens with zero attached hydrogens (tertiary/aromatic N) is 2. The van der Waals surface area contributed by atoms with E-state index in [-0.39, 0.29) is 0 Å². The Morgan fingerprint density at radius 2 is 1.17 bits per heavy atom. The van der Waals surface area contributed by atoms with E-state index in [4.69, 9.17) is 10.8 Å². The zero-order valence-electron chi connectivity index (χ0n) is 15.8. The van der Waals surface area contributed by atoms with Gasteiger partial charge in [0.05, 0.1) is 5.69 Å². The lowest BCUT2D eigenvalue weighted by molar-refractivity contribution is 1.25. The number of rotatable bonds is 3. The van der Waals surface area contributed by atoms with E-state index < -0.39 is 0 Å². The maximum atomic E-state index is 5.88. The Balaban J connectivity index is 1.71. The van der Waals surface area contributed by atoms with Gasteiger partial charge in [-0.3, -0.25) is 0 Å². The first-order valence-electron chi connectivity index (χ1n) is 9.57. The highest BCUT2D eigenvalue weighted by molar-refractivity contribution is 6.00. The zero-order valence-corrected chi connectivity index (χ0v) is 15.8. The van der Waals surface area contributed by atoms with Gasteiger partial charge in [0.1, 0.15) is 5.69 Å². The van der Waals surface area contributed by atoms with Crippen molar-refractivity contribution < 1.29 is 0 Å². The first-order chi connectivity index (χ1) is 14.3. The number of nitrogens with two attached hydrogens (primary N) is 1. The molecule has 2 N–H and O–H groups in total. The number of fused-ring (bicyclic) bond motifs is 2. The van der Waals surface area contributed by atoms with Gasteiger partial charge in [-0.25, -0.2) is 0 Å². The molecule has 0 aliphatic rings. The van der Waals surface area contributed by atoms with Crippen LogP contribution in [0.2, 0.25) is 0 Å². The van der Waals surface area contributed by atoms with Crippen LogP contribution in [0, 0.1) is 0 Å². The molecule has 0 aliphatic heterocycles. The molecule has 0 heterocycles. The normalized spacial score (nSPS) is 11.4. The average molecular weight is 373 g/mol. The average Bonchev–Trinajstić information content (AvgIpc) is 2.78. The lowest BCUT2D eigenvalue weighted by Gasteiger charge is -2.10.